The van der Waals surface area contributed by atoms with E-state index in [1.54, 1.807) is 4.90 Å². The van der Waals surface area contributed by atoms with E-state index >= 15 is 0 Å². The highest BCUT2D eigenvalue weighted by Crippen LogP contribution is 2.35. The molecular weight excluding hydrogens is 502 g/mol. The van der Waals surface area contributed by atoms with Gasteiger partial charge < -0.3 is 15.1 Å². The van der Waals surface area contributed by atoms with Crippen LogP contribution < -0.4 is 5.32 Å². The van der Waals surface area contributed by atoms with Gasteiger partial charge in [-0.1, -0.05) is 0 Å². The number of benzene rings is 1. The summed E-state index contributed by atoms with van der Waals surface area (Å²) >= 11 is 0. The van der Waals surface area contributed by atoms with E-state index in [0.717, 1.165) is 6.42 Å². The summed E-state index contributed by atoms with van der Waals surface area (Å²) in [5, 5.41) is 2.43. The Morgan fingerprint density at radius 2 is 1.86 bits per heavy atom. The van der Waals surface area contributed by atoms with Crippen molar-refractivity contribution >= 4 is 21.7 Å². The summed E-state index contributed by atoms with van der Waals surface area (Å²) < 4.78 is 77.1. The second kappa shape index (κ2) is 10.6. The van der Waals surface area contributed by atoms with Gasteiger partial charge in [0.1, 0.15) is 21.7 Å². The average Bonchev–Trinajstić information content (AvgIpc) is 3.10. The highest BCUT2D eigenvalue weighted by molar-refractivity contribution is 7.90. The van der Waals surface area contributed by atoms with Crippen LogP contribution in [0.15, 0.2) is 18.2 Å². The molecule has 1 saturated carbocycles. The molecule has 1 aliphatic heterocycles. The highest BCUT2D eigenvalue weighted by Gasteiger charge is 2.44. The van der Waals surface area contributed by atoms with Crippen LogP contribution in [0.5, 0.6) is 0 Å². The van der Waals surface area contributed by atoms with Crippen LogP contribution in [0.3, 0.4) is 0 Å². The summed E-state index contributed by atoms with van der Waals surface area (Å²) in [6, 6.07) is 0.688. The summed E-state index contributed by atoms with van der Waals surface area (Å²) in [5.74, 6) is -2.94. The monoisotopic (exact) mass is 535 g/mol. The molecular formula is C24H33F4N3O4S. The summed E-state index contributed by atoms with van der Waals surface area (Å²) in [6.45, 7) is 4.41. The zero-order valence-corrected chi connectivity index (χ0v) is 21.6. The molecule has 1 aromatic rings. The number of hydrogen-bond donors (Lipinski definition) is 1. The van der Waals surface area contributed by atoms with Gasteiger partial charge in [-0.25, -0.2) is 12.8 Å². The third kappa shape index (κ3) is 6.76. The van der Waals surface area contributed by atoms with Crippen LogP contribution in [0.1, 0.15) is 55.5 Å². The molecule has 2 fully saturated rings. The first-order chi connectivity index (χ1) is 16.6. The lowest BCUT2D eigenvalue weighted by Gasteiger charge is -2.44. The Labute approximate surface area is 209 Å². The van der Waals surface area contributed by atoms with Gasteiger partial charge >= 0.3 is 6.18 Å². The lowest BCUT2D eigenvalue weighted by Crippen LogP contribution is -2.53. The first kappa shape index (κ1) is 28.4. The Hall–Kier alpha value is -2.21. The minimum Gasteiger partial charge on any atom is -0.340 e. The molecule has 36 heavy (non-hydrogen) atoms. The Balaban J connectivity index is 1.74. The molecule has 1 aliphatic carbocycles. The number of nitrogens with one attached hydrogen (secondary N) is 1. The average molecular weight is 536 g/mol. The van der Waals surface area contributed by atoms with Crippen LogP contribution in [-0.2, 0) is 20.8 Å². The maximum atomic E-state index is 13.7. The smallest absolute Gasteiger partial charge is 0.340 e. The van der Waals surface area contributed by atoms with Crippen LogP contribution in [-0.4, -0.2) is 79.8 Å². The number of alkyl halides is 3. The molecule has 1 heterocycles. The molecule has 0 aromatic heterocycles. The largest absolute Gasteiger partial charge is 0.416 e. The van der Waals surface area contributed by atoms with Crippen LogP contribution in [0.2, 0.25) is 0 Å². The van der Waals surface area contributed by atoms with Crippen LogP contribution in [0, 0.1) is 11.7 Å². The number of carbonyl (C=O) groups is 2. The standard InChI is InChI=1S/C24H33F4N3O4S/c1-14(2)30(3)19-5-6-21(16(11-19)13-36(4,34)35)31-8-7-20(23(31)33)29-22(32)15-9-17(24(26,27)28)12-18(25)10-15/h9-10,12,14,16,19-21H,5-8,11,13H2,1-4H3,(H,29,32)/t16-,19+,20-,21-/m0/s1. The topological polar surface area (TPSA) is 86.8 Å². The lowest BCUT2D eigenvalue weighted by molar-refractivity contribution is -0.138. The predicted octanol–water partition coefficient (Wildman–Crippen LogP) is 3.10. The van der Waals surface area contributed by atoms with Gasteiger partial charge in [0.05, 0.1) is 11.3 Å². The van der Waals surface area contributed by atoms with E-state index < -0.39 is 50.8 Å². The van der Waals surface area contributed by atoms with Gasteiger partial charge in [0.2, 0.25) is 5.91 Å². The number of nitrogens with zero attached hydrogens (tertiary/aromatic N) is 2. The van der Waals surface area contributed by atoms with Crippen molar-refractivity contribution in [3.63, 3.8) is 0 Å². The Kier molecular flexibility index (Phi) is 8.39. The van der Waals surface area contributed by atoms with E-state index in [2.05, 4.69) is 24.1 Å². The SMILES string of the molecule is CC(C)N(C)[C@@H]1CC[C@H](N2CC[C@H](NC(=O)c3cc(F)cc(C(F)(F)F)c3)C2=O)[C@H](CS(C)(=O)=O)C1. The second-order valence-corrected chi connectivity index (χ2v) is 12.4. The predicted molar refractivity (Wildman–Crippen MR) is 127 cm³/mol. The van der Waals surface area contributed by atoms with Gasteiger partial charge in [-0.2, -0.15) is 13.2 Å². The number of hydrogen-bond acceptors (Lipinski definition) is 5. The zero-order chi connectivity index (χ0) is 27.0. The number of likely N-dealkylation sites (tertiary alicyclic amines) is 1. The number of carbonyl (C=O) groups excluding carboxylic acids is 2. The molecule has 7 nitrogen and oxygen atoms in total. The first-order valence-electron chi connectivity index (χ1n) is 12.0. The summed E-state index contributed by atoms with van der Waals surface area (Å²) in [5.41, 5.74) is -1.82. The molecule has 1 saturated heterocycles. The molecule has 2 aliphatic rings. The van der Waals surface area contributed by atoms with Crippen LogP contribution in [0.25, 0.3) is 0 Å². The van der Waals surface area contributed by atoms with Gasteiger partial charge in [-0.15, -0.1) is 0 Å². The molecule has 0 radical (unpaired) electrons. The fourth-order valence-corrected chi connectivity index (χ4v) is 6.42. The van der Waals surface area contributed by atoms with Crippen molar-refractivity contribution in [1.29, 1.82) is 0 Å². The zero-order valence-electron chi connectivity index (χ0n) is 20.8. The third-order valence-electron chi connectivity index (χ3n) is 7.25. The fraction of sp³-hybridized carbons (Fsp3) is 0.667. The van der Waals surface area contributed by atoms with Crippen molar-refractivity contribution < 1.29 is 35.6 Å². The summed E-state index contributed by atoms with van der Waals surface area (Å²) in [7, 11) is -1.32. The summed E-state index contributed by atoms with van der Waals surface area (Å²) in [6.07, 6.45) is -1.44. The minimum absolute atomic E-state index is 0.0651. The second-order valence-electron chi connectivity index (χ2n) is 10.2. The number of sulfone groups is 1. The first-order valence-corrected chi connectivity index (χ1v) is 14.0. The van der Waals surface area contributed by atoms with E-state index in [4.69, 9.17) is 0 Å². The van der Waals surface area contributed by atoms with Gasteiger partial charge in [0.25, 0.3) is 5.91 Å². The normalized spacial score (nSPS) is 25.6. The van der Waals surface area contributed by atoms with E-state index in [1.165, 1.54) is 6.26 Å². The quantitative estimate of drug-likeness (QED) is 0.543. The van der Waals surface area contributed by atoms with Crippen molar-refractivity contribution in [1.82, 2.24) is 15.1 Å². The number of rotatable bonds is 7. The Bertz CT molecular complexity index is 1090. The molecule has 202 valence electrons. The van der Waals surface area contributed by atoms with E-state index in [0.29, 0.717) is 31.0 Å². The molecule has 0 spiro atoms. The third-order valence-corrected chi connectivity index (χ3v) is 8.29. The van der Waals surface area contributed by atoms with E-state index in [-0.39, 0.29) is 42.8 Å². The fourth-order valence-electron chi connectivity index (χ4n) is 5.28. The molecule has 2 amide bonds. The van der Waals surface area contributed by atoms with Gasteiger partial charge in [-0.05, 0) is 70.7 Å². The molecule has 0 bridgehead atoms. The van der Waals surface area contributed by atoms with Gasteiger partial charge in [-0.3, -0.25) is 9.59 Å². The Morgan fingerprint density at radius 1 is 1.19 bits per heavy atom. The van der Waals surface area contributed by atoms with Crippen molar-refractivity contribution in [2.24, 2.45) is 5.92 Å². The number of halogens is 4. The van der Waals surface area contributed by atoms with Crippen LogP contribution >= 0.6 is 0 Å². The highest BCUT2D eigenvalue weighted by atomic mass is 32.2. The van der Waals surface area contributed by atoms with Crippen molar-refractivity contribution in [3.05, 3.63) is 35.1 Å². The maximum Gasteiger partial charge on any atom is 0.416 e. The maximum absolute atomic E-state index is 13.7. The van der Waals surface area contributed by atoms with Crippen LogP contribution in [0.4, 0.5) is 17.6 Å². The number of amides is 2. The minimum atomic E-state index is -4.83. The van der Waals surface area contributed by atoms with Gasteiger partial charge in [0, 0.05) is 36.5 Å². The van der Waals surface area contributed by atoms with Crippen molar-refractivity contribution in [2.75, 3.05) is 25.6 Å². The van der Waals surface area contributed by atoms with Gasteiger partial charge in [0.15, 0.2) is 0 Å². The van der Waals surface area contributed by atoms with Crippen molar-refractivity contribution in [3.8, 4) is 0 Å². The Morgan fingerprint density at radius 3 is 2.44 bits per heavy atom. The molecule has 1 aromatic carbocycles. The molecule has 4 atom stereocenters. The molecule has 3 rings (SSSR count). The molecule has 0 unspecified atom stereocenters. The lowest BCUT2D eigenvalue weighted by atomic mass is 9.81. The summed E-state index contributed by atoms with van der Waals surface area (Å²) in [4.78, 5) is 29.6. The van der Waals surface area contributed by atoms with E-state index in [9.17, 15) is 35.6 Å². The molecule has 1 N–H and O–H groups in total. The molecule has 12 heteroatoms. The van der Waals surface area contributed by atoms with Crippen molar-refractivity contribution in [2.45, 2.75) is 69.9 Å². The van der Waals surface area contributed by atoms with E-state index in [1.807, 2.05) is 7.05 Å².